The number of nitrogen functional groups attached to an aromatic ring is 1. The monoisotopic (exact) mass is 303 g/mol. The molecule has 116 valence electrons. The molecule has 1 aliphatic rings. The van der Waals surface area contributed by atoms with Crippen molar-refractivity contribution in [1.29, 1.82) is 0 Å². The van der Waals surface area contributed by atoms with E-state index in [4.69, 9.17) is 10.5 Å². The van der Waals surface area contributed by atoms with E-state index in [1.165, 1.54) is 12.1 Å². The van der Waals surface area contributed by atoms with Gasteiger partial charge in [-0.25, -0.2) is 0 Å². The van der Waals surface area contributed by atoms with E-state index in [1.54, 1.807) is 13.8 Å². The van der Waals surface area contributed by atoms with Crippen LogP contribution >= 0.6 is 0 Å². The number of alkyl halides is 3. The molecule has 0 atom stereocenters. The second-order valence-electron chi connectivity index (χ2n) is 5.08. The smallest absolute Gasteiger partial charge is 0.405 e. The summed E-state index contributed by atoms with van der Waals surface area (Å²) in [6.45, 7) is 2.02. The number of ether oxygens (including phenoxy) is 1. The first-order valence-electron chi connectivity index (χ1n) is 6.37. The van der Waals surface area contributed by atoms with E-state index < -0.39 is 18.8 Å². The van der Waals surface area contributed by atoms with Gasteiger partial charge in [-0.2, -0.15) is 13.2 Å². The van der Waals surface area contributed by atoms with Crippen LogP contribution in [0, 0.1) is 0 Å². The molecule has 0 spiro atoms. The number of fused-ring (bicyclic) bond motifs is 1. The van der Waals surface area contributed by atoms with Crippen LogP contribution < -0.4 is 20.7 Å². The quantitative estimate of drug-likeness (QED) is 0.841. The van der Waals surface area contributed by atoms with Gasteiger partial charge >= 0.3 is 6.18 Å². The van der Waals surface area contributed by atoms with Gasteiger partial charge in [0.2, 0.25) is 0 Å². The lowest BCUT2D eigenvalue weighted by Gasteiger charge is -2.32. The molecule has 0 aromatic heterocycles. The van der Waals surface area contributed by atoms with Crippen LogP contribution in [0.4, 0.5) is 30.2 Å². The zero-order valence-electron chi connectivity index (χ0n) is 11.6. The van der Waals surface area contributed by atoms with Crippen molar-refractivity contribution >= 4 is 23.0 Å². The number of hydrogen-bond acceptors (Lipinski definition) is 4. The summed E-state index contributed by atoms with van der Waals surface area (Å²) in [6.07, 6.45) is -4.35. The fourth-order valence-corrected chi connectivity index (χ4v) is 2.12. The Hall–Kier alpha value is -2.12. The molecular weight excluding hydrogens is 287 g/mol. The minimum Gasteiger partial charge on any atom is -0.482 e. The van der Waals surface area contributed by atoms with Crippen LogP contribution in [-0.2, 0) is 4.79 Å². The lowest BCUT2D eigenvalue weighted by molar-refractivity contribution is -0.120. The molecule has 1 aromatic carbocycles. The van der Waals surface area contributed by atoms with E-state index >= 15 is 0 Å². The lowest BCUT2D eigenvalue weighted by atomic mass is 10.1. The van der Waals surface area contributed by atoms with E-state index in [9.17, 15) is 18.0 Å². The summed E-state index contributed by atoms with van der Waals surface area (Å²) in [5.41, 5.74) is 6.54. The fraction of sp³-hybridized carbons (Fsp3) is 0.462. The average molecular weight is 303 g/mol. The third-order valence-electron chi connectivity index (χ3n) is 3.04. The van der Waals surface area contributed by atoms with Gasteiger partial charge in [0.1, 0.15) is 12.3 Å². The number of carbonyl (C=O) groups excluding carboxylic acids is 1. The summed E-state index contributed by atoms with van der Waals surface area (Å²) in [7, 11) is 0. The van der Waals surface area contributed by atoms with Crippen LogP contribution in [0.25, 0.3) is 0 Å². The predicted octanol–water partition coefficient (Wildman–Crippen LogP) is 2.38. The van der Waals surface area contributed by atoms with Crippen molar-refractivity contribution < 1.29 is 22.7 Å². The number of hydrogen-bond donors (Lipinski definition) is 2. The molecule has 8 heteroatoms. The molecule has 5 nitrogen and oxygen atoms in total. The van der Waals surface area contributed by atoms with Crippen molar-refractivity contribution in [2.45, 2.75) is 26.1 Å². The number of benzene rings is 1. The van der Waals surface area contributed by atoms with Crippen molar-refractivity contribution in [2.24, 2.45) is 0 Å². The molecule has 0 saturated heterocycles. The maximum absolute atomic E-state index is 12.7. The van der Waals surface area contributed by atoms with Gasteiger partial charge in [0.05, 0.1) is 17.1 Å². The molecule has 3 N–H and O–H groups in total. The standard InChI is InChI=1S/C13H16F3N3O2/c1-7(2)19(6-13(14,15)16)10-4-9-11(3-8(10)17)21-5-12(20)18-9/h3-4,7H,5-6,17H2,1-2H3,(H,18,20). The van der Waals surface area contributed by atoms with Gasteiger partial charge in [0.25, 0.3) is 5.91 Å². The van der Waals surface area contributed by atoms with Crippen molar-refractivity contribution in [3.8, 4) is 5.75 Å². The minimum absolute atomic E-state index is 0.137. The zero-order chi connectivity index (χ0) is 15.8. The van der Waals surface area contributed by atoms with E-state index in [2.05, 4.69) is 5.32 Å². The summed E-state index contributed by atoms with van der Waals surface area (Å²) in [6, 6.07) is 2.43. The predicted molar refractivity (Wildman–Crippen MR) is 73.5 cm³/mol. The van der Waals surface area contributed by atoms with Gasteiger partial charge in [-0.3, -0.25) is 4.79 Å². The van der Waals surface area contributed by atoms with Crippen LogP contribution in [0.15, 0.2) is 12.1 Å². The van der Waals surface area contributed by atoms with Crippen LogP contribution in [-0.4, -0.2) is 31.3 Å². The Balaban J connectivity index is 2.41. The highest BCUT2D eigenvalue weighted by Crippen LogP contribution is 2.38. The third kappa shape index (κ3) is 3.50. The van der Waals surface area contributed by atoms with E-state index in [1.807, 2.05) is 0 Å². The largest absolute Gasteiger partial charge is 0.482 e. The first-order chi connectivity index (χ1) is 9.67. The van der Waals surface area contributed by atoms with Crippen LogP contribution in [0.5, 0.6) is 5.75 Å². The van der Waals surface area contributed by atoms with Crippen molar-refractivity contribution in [3.63, 3.8) is 0 Å². The Morgan fingerprint density at radius 1 is 1.43 bits per heavy atom. The number of anilines is 3. The molecule has 2 rings (SSSR count). The Bertz CT molecular complexity index is 558. The van der Waals surface area contributed by atoms with Gasteiger partial charge in [-0.15, -0.1) is 0 Å². The molecule has 1 aliphatic heterocycles. The van der Waals surface area contributed by atoms with Crippen molar-refractivity contribution in [1.82, 2.24) is 0 Å². The van der Waals surface area contributed by atoms with Crippen LogP contribution in [0.1, 0.15) is 13.8 Å². The van der Waals surface area contributed by atoms with Gasteiger partial charge in [0.15, 0.2) is 6.61 Å². The minimum atomic E-state index is -4.35. The maximum Gasteiger partial charge on any atom is 0.405 e. The molecule has 0 unspecified atom stereocenters. The highest BCUT2D eigenvalue weighted by molar-refractivity contribution is 5.97. The third-order valence-corrected chi connectivity index (χ3v) is 3.04. The molecule has 21 heavy (non-hydrogen) atoms. The number of nitrogens with one attached hydrogen (secondary N) is 1. The van der Waals surface area contributed by atoms with E-state index in [0.717, 1.165) is 4.90 Å². The normalized spacial score (nSPS) is 14.5. The first-order valence-corrected chi connectivity index (χ1v) is 6.37. The number of nitrogens with two attached hydrogens (primary N) is 1. The van der Waals surface area contributed by atoms with Gasteiger partial charge in [-0.05, 0) is 19.9 Å². The lowest BCUT2D eigenvalue weighted by Crippen LogP contribution is -2.39. The molecule has 0 fully saturated rings. The number of carbonyl (C=O) groups is 1. The van der Waals surface area contributed by atoms with Crippen molar-refractivity contribution in [2.75, 3.05) is 29.1 Å². The second-order valence-corrected chi connectivity index (χ2v) is 5.08. The second kappa shape index (κ2) is 5.34. The zero-order valence-corrected chi connectivity index (χ0v) is 11.6. The number of halogens is 3. The SMILES string of the molecule is CC(C)N(CC(F)(F)F)c1cc2c(cc1N)OCC(=O)N2. The Morgan fingerprint density at radius 2 is 2.10 bits per heavy atom. The maximum atomic E-state index is 12.7. The summed E-state index contributed by atoms with van der Waals surface area (Å²) in [5, 5.41) is 2.56. The molecule has 1 aromatic rings. The van der Waals surface area contributed by atoms with Gasteiger partial charge in [-0.1, -0.05) is 0 Å². The van der Waals surface area contributed by atoms with E-state index in [0.29, 0.717) is 11.4 Å². The Labute approximate surface area is 119 Å². The summed E-state index contributed by atoms with van der Waals surface area (Å²) in [4.78, 5) is 12.4. The molecule has 0 aliphatic carbocycles. The molecule has 0 saturated carbocycles. The summed E-state index contributed by atoms with van der Waals surface area (Å²) < 4.78 is 43.3. The Kier molecular flexibility index (Phi) is 3.89. The molecule has 1 heterocycles. The molecule has 0 bridgehead atoms. The van der Waals surface area contributed by atoms with Crippen molar-refractivity contribution in [3.05, 3.63) is 12.1 Å². The summed E-state index contributed by atoms with van der Waals surface area (Å²) >= 11 is 0. The molecule has 1 amide bonds. The first kappa shape index (κ1) is 15.3. The van der Waals surface area contributed by atoms with E-state index in [-0.39, 0.29) is 23.9 Å². The average Bonchev–Trinajstić information content (AvgIpc) is 2.34. The number of rotatable bonds is 3. The number of amides is 1. The molecule has 0 radical (unpaired) electrons. The number of nitrogens with zero attached hydrogens (tertiary/aromatic N) is 1. The highest BCUT2D eigenvalue weighted by atomic mass is 19.4. The topological polar surface area (TPSA) is 67.6 Å². The van der Waals surface area contributed by atoms with Crippen LogP contribution in [0.3, 0.4) is 0 Å². The molecular formula is C13H16F3N3O2. The Morgan fingerprint density at radius 3 is 2.67 bits per heavy atom. The summed E-state index contributed by atoms with van der Waals surface area (Å²) in [5.74, 6) is -0.00305. The van der Waals surface area contributed by atoms with Gasteiger partial charge in [0, 0.05) is 12.1 Å². The highest BCUT2D eigenvalue weighted by Gasteiger charge is 2.33. The van der Waals surface area contributed by atoms with Gasteiger partial charge < -0.3 is 20.7 Å². The van der Waals surface area contributed by atoms with Crippen LogP contribution in [0.2, 0.25) is 0 Å². The fourth-order valence-electron chi connectivity index (χ4n) is 2.12.